The molecule has 0 radical (unpaired) electrons. The molecule has 0 fully saturated rings. The SMILES string of the molecule is C[C@@H]1CC=CC[C@H]1NC(=O)NCc1ccnc(OC(F)F)c1. The van der Waals surface area contributed by atoms with Crippen molar-refractivity contribution in [3.8, 4) is 5.88 Å². The highest BCUT2D eigenvalue weighted by molar-refractivity contribution is 5.74. The van der Waals surface area contributed by atoms with Crippen molar-refractivity contribution < 1.29 is 18.3 Å². The van der Waals surface area contributed by atoms with E-state index in [1.165, 1.54) is 12.3 Å². The Bertz CT molecular complexity index is 537. The lowest BCUT2D eigenvalue weighted by Crippen LogP contribution is -2.45. The van der Waals surface area contributed by atoms with Crippen molar-refractivity contribution in [2.45, 2.75) is 39.0 Å². The van der Waals surface area contributed by atoms with Crippen LogP contribution in [0.1, 0.15) is 25.3 Å². The first-order valence-corrected chi connectivity index (χ1v) is 7.13. The van der Waals surface area contributed by atoms with Gasteiger partial charge in [-0.1, -0.05) is 19.1 Å². The molecule has 22 heavy (non-hydrogen) atoms. The second kappa shape index (κ2) is 7.72. The Balaban J connectivity index is 1.82. The number of carbonyl (C=O) groups excluding carboxylic acids is 1. The number of alkyl halides is 2. The number of nitrogens with zero attached hydrogens (tertiary/aromatic N) is 1. The number of aromatic nitrogens is 1. The maximum absolute atomic E-state index is 12.1. The predicted molar refractivity (Wildman–Crippen MR) is 77.6 cm³/mol. The highest BCUT2D eigenvalue weighted by Crippen LogP contribution is 2.18. The third-order valence-electron chi connectivity index (χ3n) is 3.53. The van der Waals surface area contributed by atoms with Crippen LogP contribution in [-0.4, -0.2) is 23.7 Å². The maximum atomic E-state index is 12.1. The molecule has 0 bridgehead atoms. The van der Waals surface area contributed by atoms with Crippen molar-refractivity contribution in [3.63, 3.8) is 0 Å². The van der Waals surface area contributed by atoms with Gasteiger partial charge in [-0.3, -0.25) is 0 Å². The van der Waals surface area contributed by atoms with E-state index in [2.05, 4.69) is 39.4 Å². The van der Waals surface area contributed by atoms with E-state index in [4.69, 9.17) is 0 Å². The maximum Gasteiger partial charge on any atom is 0.388 e. The predicted octanol–water partition coefficient (Wildman–Crippen LogP) is 2.84. The van der Waals surface area contributed by atoms with Gasteiger partial charge in [-0.15, -0.1) is 0 Å². The summed E-state index contributed by atoms with van der Waals surface area (Å²) in [5.74, 6) is 0.225. The molecule has 2 rings (SSSR count). The van der Waals surface area contributed by atoms with Crippen LogP contribution in [0.2, 0.25) is 0 Å². The number of allylic oxidation sites excluding steroid dienone is 1. The fourth-order valence-corrected chi connectivity index (χ4v) is 2.27. The molecule has 5 nitrogen and oxygen atoms in total. The Labute approximate surface area is 127 Å². The minimum absolute atomic E-state index is 0.111. The lowest BCUT2D eigenvalue weighted by atomic mass is 9.91. The van der Waals surface area contributed by atoms with Gasteiger partial charge in [0.05, 0.1) is 0 Å². The first kappa shape index (κ1) is 16.2. The van der Waals surface area contributed by atoms with Crippen LogP contribution in [0.4, 0.5) is 13.6 Å². The minimum Gasteiger partial charge on any atom is -0.417 e. The summed E-state index contributed by atoms with van der Waals surface area (Å²) < 4.78 is 28.4. The summed E-state index contributed by atoms with van der Waals surface area (Å²) in [7, 11) is 0. The third-order valence-corrected chi connectivity index (χ3v) is 3.53. The number of hydrogen-bond acceptors (Lipinski definition) is 3. The van der Waals surface area contributed by atoms with Gasteiger partial charge < -0.3 is 15.4 Å². The lowest BCUT2D eigenvalue weighted by molar-refractivity contribution is -0.0529. The van der Waals surface area contributed by atoms with E-state index in [0.717, 1.165) is 12.8 Å². The molecule has 1 aromatic heterocycles. The Hall–Kier alpha value is -2.18. The summed E-state index contributed by atoms with van der Waals surface area (Å²) in [5.41, 5.74) is 0.636. The van der Waals surface area contributed by atoms with Gasteiger partial charge in [0, 0.05) is 24.8 Å². The summed E-state index contributed by atoms with van der Waals surface area (Å²) in [6.07, 6.45) is 7.30. The molecule has 0 saturated carbocycles. The van der Waals surface area contributed by atoms with Crippen LogP contribution in [0.5, 0.6) is 5.88 Å². The molecule has 2 amide bonds. The van der Waals surface area contributed by atoms with Gasteiger partial charge in [-0.2, -0.15) is 8.78 Å². The number of hydrogen-bond donors (Lipinski definition) is 2. The molecule has 1 aliphatic carbocycles. The molecule has 2 atom stereocenters. The molecule has 1 aromatic rings. The molecule has 0 aliphatic heterocycles. The number of urea groups is 1. The van der Waals surface area contributed by atoms with Gasteiger partial charge in [0.25, 0.3) is 0 Å². The second-order valence-electron chi connectivity index (χ2n) is 5.23. The van der Waals surface area contributed by atoms with Crippen molar-refractivity contribution in [1.82, 2.24) is 15.6 Å². The van der Waals surface area contributed by atoms with E-state index < -0.39 is 6.61 Å². The molecular weight excluding hydrogens is 292 g/mol. The van der Waals surface area contributed by atoms with Crippen molar-refractivity contribution in [2.24, 2.45) is 5.92 Å². The van der Waals surface area contributed by atoms with Gasteiger partial charge in [-0.25, -0.2) is 9.78 Å². The zero-order chi connectivity index (χ0) is 15.9. The summed E-state index contributed by atoms with van der Waals surface area (Å²) in [6.45, 7) is -0.615. The summed E-state index contributed by atoms with van der Waals surface area (Å²) >= 11 is 0. The molecule has 0 unspecified atom stereocenters. The molecule has 120 valence electrons. The third kappa shape index (κ3) is 4.98. The van der Waals surface area contributed by atoms with Gasteiger partial charge in [-0.05, 0) is 30.4 Å². The summed E-state index contributed by atoms with van der Waals surface area (Å²) in [6, 6.07) is 2.84. The van der Waals surface area contributed by atoms with Gasteiger partial charge >= 0.3 is 12.6 Å². The standard InChI is InChI=1S/C15H19F2N3O2/c1-10-4-2-3-5-12(10)20-15(21)19-9-11-6-7-18-13(8-11)22-14(16)17/h2-3,6-8,10,12,14H,4-5,9H2,1H3,(H2,19,20,21)/t10-,12-/m1/s1. The lowest BCUT2D eigenvalue weighted by Gasteiger charge is -2.26. The van der Waals surface area contributed by atoms with E-state index in [1.54, 1.807) is 6.07 Å². The molecular formula is C15H19F2N3O2. The first-order valence-electron chi connectivity index (χ1n) is 7.13. The van der Waals surface area contributed by atoms with Crippen molar-refractivity contribution in [2.75, 3.05) is 0 Å². The molecule has 2 N–H and O–H groups in total. The largest absolute Gasteiger partial charge is 0.417 e. The number of ether oxygens (including phenoxy) is 1. The fraction of sp³-hybridized carbons (Fsp3) is 0.467. The first-order chi connectivity index (χ1) is 10.5. The minimum atomic E-state index is -2.92. The van der Waals surface area contributed by atoms with Crippen LogP contribution in [0.15, 0.2) is 30.5 Å². The number of nitrogens with one attached hydrogen (secondary N) is 2. The van der Waals surface area contributed by atoms with Crippen molar-refractivity contribution in [1.29, 1.82) is 0 Å². The van der Waals surface area contributed by atoms with Gasteiger partial charge in [0.15, 0.2) is 0 Å². The molecule has 0 saturated heterocycles. The van der Waals surface area contributed by atoms with E-state index in [1.807, 2.05) is 0 Å². The Kier molecular flexibility index (Phi) is 5.68. The average Bonchev–Trinajstić information content (AvgIpc) is 2.47. The zero-order valence-electron chi connectivity index (χ0n) is 12.3. The number of halogens is 2. The smallest absolute Gasteiger partial charge is 0.388 e. The zero-order valence-corrected chi connectivity index (χ0v) is 12.3. The van der Waals surface area contributed by atoms with E-state index in [0.29, 0.717) is 11.5 Å². The molecule has 1 aliphatic rings. The topological polar surface area (TPSA) is 63.2 Å². The number of rotatable bonds is 5. The van der Waals surface area contributed by atoms with Gasteiger partial charge in [0.2, 0.25) is 5.88 Å². The Morgan fingerprint density at radius 3 is 2.95 bits per heavy atom. The Morgan fingerprint density at radius 2 is 2.23 bits per heavy atom. The second-order valence-corrected chi connectivity index (χ2v) is 5.23. The normalized spacial score (nSPS) is 20.7. The molecule has 0 aromatic carbocycles. The van der Waals surface area contributed by atoms with E-state index in [-0.39, 0.29) is 24.5 Å². The Morgan fingerprint density at radius 1 is 1.45 bits per heavy atom. The number of carbonyl (C=O) groups is 1. The molecule has 0 spiro atoms. The molecule has 1 heterocycles. The van der Waals surface area contributed by atoms with E-state index in [9.17, 15) is 13.6 Å². The summed E-state index contributed by atoms with van der Waals surface area (Å²) in [4.78, 5) is 15.6. The number of pyridine rings is 1. The van der Waals surface area contributed by atoms with E-state index >= 15 is 0 Å². The highest BCUT2D eigenvalue weighted by Gasteiger charge is 2.19. The molecule has 7 heteroatoms. The monoisotopic (exact) mass is 311 g/mol. The van der Waals surface area contributed by atoms with Crippen LogP contribution >= 0.6 is 0 Å². The van der Waals surface area contributed by atoms with Crippen LogP contribution in [0.3, 0.4) is 0 Å². The van der Waals surface area contributed by atoms with Gasteiger partial charge in [0.1, 0.15) is 0 Å². The van der Waals surface area contributed by atoms with Crippen molar-refractivity contribution in [3.05, 3.63) is 36.0 Å². The van der Waals surface area contributed by atoms with Crippen LogP contribution < -0.4 is 15.4 Å². The number of amides is 2. The van der Waals surface area contributed by atoms with Crippen molar-refractivity contribution >= 4 is 6.03 Å². The average molecular weight is 311 g/mol. The fourth-order valence-electron chi connectivity index (χ4n) is 2.27. The highest BCUT2D eigenvalue weighted by atomic mass is 19.3. The summed E-state index contributed by atoms with van der Waals surface area (Å²) in [5, 5.41) is 5.62. The van der Waals surface area contributed by atoms with Crippen LogP contribution in [-0.2, 0) is 6.54 Å². The van der Waals surface area contributed by atoms with Crippen LogP contribution in [0, 0.1) is 5.92 Å². The van der Waals surface area contributed by atoms with Crippen LogP contribution in [0.25, 0.3) is 0 Å². The quantitative estimate of drug-likeness (QED) is 0.822.